The van der Waals surface area contributed by atoms with Gasteiger partial charge in [0.25, 0.3) is 0 Å². The molecule has 0 aliphatic carbocycles. The van der Waals surface area contributed by atoms with Gasteiger partial charge in [-0.15, -0.1) is 0 Å². The van der Waals surface area contributed by atoms with E-state index in [2.05, 4.69) is 21.4 Å². The first kappa shape index (κ1) is 12.4. The number of hydrogen-bond donors (Lipinski definition) is 1. The van der Waals surface area contributed by atoms with Crippen molar-refractivity contribution in [2.45, 2.75) is 20.4 Å². The molecule has 2 rings (SSSR count). The Bertz CT molecular complexity index is 540. The van der Waals surface area contributed by atoms with Gasteiger partial charge in [0.05, 0.1) is 25.0 Å². The Kier molecular flexibility index (Phi) is 3.77. The van der Waals surface area contributed by atoms with E-state index < -0.39 is 0 Å². The van der Waals surface area contributed by atoms with Crippen molar-refractivity contribution in [2.75, 3.05) is 12.4 Å². The van der Waals surface area contributed by atoms with Crippen LogP contribution < -0.4 is 10.1 Å². The highest BCUT2D eigenvalue weighted by Crippen LogP contribution is 2.25. The fourth-order valence-electron chi connectivity index (χ4n) is 1.73. The Labute approximate surface area is 107 Å². The molecular weight excluding hydrogens is 226 g/mol. The normalized spacial score (nSPS) is 10.2. The topological polar surface area (TPSA) is 47.0 Å². The average Bonchev–Trinajstić information content (AvgIpc) is 2.37. The number of aromatic nitrogens is 2. The van der Waals surface area contributed by atoms with E-state index in [4.69, 9.17) is 4.74 Å². The zero-order valence-electron chi connectivity index (χ0n) is 10.9. The fraction of sp³-hybridized carbons (Fsp3) is 0.286. The van der Waals surface area contributed by atoms with Crippen LogP contribution in [-0.2, 0) is 6.54 Å². The minimum atomic E-state index is 0.656. The highest BCUT2D eigenvalue weighted by Gasteiger charge is 2.03. The number of aryl methyl sites for hydroxylation is 2. The molecule has 1 aromatic heterocycles. The van der Waals surface area contributed by atoms with Gasteiger partial charge in [0, 0.05) is 6.20 Å². The Balaban J connectivity index is 2.10. The maximum Gasteiger partial charge on any atom is 0.142 e. The zero-order valence-corrected chi connectivity index (χ0v) is 10.9. The largest absolute Gasteiger partial charge is 0.495 e. The summed E-state index contributed by atoms with van der Waals surface area (Å²) in [5.41, 5.74) is 3.11. The molecule has 1 N–H and O–H groups in total. The predicted octanol–water partition coefficient (Wildman–Crippen LogP) is 2.71. The first-order valence-electron chi connectivity index (χ1n) is 5.86. The second-order valence-corrected chi connectivity index (χ2v) is 4.15. The minimum Gasteiger partial charge on any atom is -0.495 e. The molecule has 0 saturated heterocycles. The van der Waals surface area contributed by atoms with E-state index in [-0.39, 0.29) is 0 Å². The van der Waals surface area contributed by atoms with Crippen LogP contribution in [-0.4, -0.2) is 17.1 Å². The second-order valence-electron chi connectivity index (χ2n) is 4.15. The molecule has 0 bridgehead atoms. The Morgan fingerprint density at radius 1 is 1.22 bits per heavy atom. The van der Waals surface area contributed by atoms with Gasteiger partial charge in [-0.2, -0.15) is 0 Å². The van der Waals surface area contributed by atoms with Crippen molar-refractivity contribution < 1.29 is 4.74 Å². The molecule has 0 spiro atoms. The number of rotatable bonds is 4. The van der Waals surface area contributed by atoms with Crippen molar-refractivity contribution in [1.29, 1.82) is 0 Å². The van der Waals surface area contributed by atoms with Crippen LogP contribution in [0.4, 0.5) is 5.69 Å². The van der Waals surface area contributed by atoms with Gasteiger partial charge in [-0.3, -0.25) is 0 Å². The Hall–Kier alpha value is -2.10. The number of nitrogens with one attached hydrogen (secondary N) is 1. The number of methoxy groups -OCH3 is 1. The van der Waals surface area contributed by atoms with E-state index >= 15 is 0 Å². The molecule has 0 atom stereocenters. The van der Waals surface area contributed by atoms with E-state index in [0.717, 1.165) is 23.0 Å². The molecule has 0 saturated carbocycles. The van der Waals surface area contributed by atoms with E-state index in [1.807, 2.05) is 32.0 Å². The molecule has 1 aromatic carbocycles. The first-order valence-corrected chi connectivity index (χ1v) is 5.86. The van der Waals surface area contributed by atoms with Gasteiger partial charge < -0.3 is 10.1 Å². The smallest absolute Gasteiger partial charge is 0.142 e. The fourth-order valence-corrected chi connectivity index (χ4v) is 1.73. The summed E-state index contributed by atoms with van der Waals surface area (Å²) >= 11 is 0. The minimum absolute atomic E-state index is 0.656. The third kappa shape index (κ3) is 2.97. The van der Waals surface area contributed by atoms with Crippen LogP contribution in [0.25, 0.3) is 0 Å². The molecule has 2 aromatic rings. The van der Waals surface area contributed by atoms with Crippen LogP contribution in [0.5, 0.6) is 5.75 Å². The third-order valence-corrected chi connectivity index (χ3v) is 2.65. The molecule has 4 heteroatoms. The standard InChI is InChI=1S/C14H17N3O/c1-10-4-5-13(14(8-10)18-3)16-9-12-6-7-15-11(2)17-12/h4-8,16H,9H2,1-3H3. The van der Waals surface area contributed by atoms with Gasteiger partial charge in [0.2, 0.25) is 0 Å². The summed E-state index contributed by atoms with van der Waals surface area (Å²) in [6, 6.07) is 7.98. The second kappa shape index (κ2) is 5.49. The molecule has 0 aliphatic heterocycles. The number of nitrogens with zero attached hydrogens (tertiary/aromatic N) is 2. The van der Waals surface area contributed by atoms with Gasteiger partial charge in [0.15, 0.2) is 0 Å². The van der Waals surface area contributed by atoms with E-state index in [0.29, 0.717) is 6.54 Å². The van der Waals surface area contributed by atoms with E-state index in [1.165, 1.54) is 5.56 Å². The molecule has 0 unspecified atom stereocenters. The van der Waals surface area contributed by atoms with Crippen LogP contribution in [0, 0.1) is 13.8 Å². The van der Waals surface area contributed by atoms with Crippen LogP contribution in [0.3, 0.4) is 0 Å². The third-order valence-electron chi connectivity index (χ3n) is 2.65. The summed E-state index contributed by atoms with van der Waals surface area (Å²) in [5, 5.41) is 3.32. The van der Waals surface area contributed by atoms with Crippen molar-refractivity contribution in [1.82, 2.24) is 9.97 Å². The van der Waals surface area contributed by atoms with Crippen molar-refractivity contribution in [2.24, 2.45) is 0 Å². The van der Waals surface area contributed by atoms with Crippen molar-refractivity contribution in [3.8, 4) is 5.75 Å². The Morgan fingerprint density at radius 2 is 2.06 bits per heavy atom. The lowest BCUT2D eigenvalue weighted by molar-refractivity contribution is 0.416. The predicted molar refractivity (Wildman–Crippen MR) is 71.8 cm³/mol. The van der Waals surface area contributed by atoms with E-state index in [9.17, 15) is 0 Å². The molecule has 1 heterocycles. The summed E-state index contributed by atoms with van der Waals surface area (Å²) < 4.78 is 5.34. The van der Waals surface area contributed by atoms with Gasteiger partial charge in [-0.05, 0) is 37.6 Å². The molecular formula is C14H17N3O. The quantitative estimate of drug-likeness (QED) is 0.897. The lowest BCUT2D eigenvalue weighted by Gasteiger charge is -2.11. The molecule has 4 nitrogen and oxygen atoms in total. The number of benzene rings is 1. The van der Waals surface area contributed by atoms with Crippen LogP contribution >= 0.6 is 0 Å². The summed E-state index contributed by atoms with van der Waals surface area (Å²) in [6.07, 6.45) is 1.77. The van der Waals surface area contributed by atoms with Gasteiger partial charge in [0.1, 0.15) is 11.6 Å². The highest BCUT2D eigenvalue weighted by molar-refractivity contribution is 5.57. The highest BCUT2D eigenvalue weighted by atomic mass is 16.5. The number of anilines is 1. The maximum absolute atomic E-state index is 5.34. The maximum atomic E-state index is 5.34. The van der Waals surface area contributed by atoms with Crippen LogP contribution in [0.2, 0.25) is 0 Å². The lowest BCUT2D eigenvalue weighted by Crippen LogP contribution is -2.04. The summed E-state index contributed by atoms with van der Waals surface area (Å²) in [5.74, 6) is 1.63. The average molecular weight is 243 g/mol. The zero-order chi connectivity index (χ0) is 13.0. The SMILES string of the molecule is COc1cc(C)ccc1NCc1ccnc(C)n1. The molecule has 0 fully saturated rings. The van der Waals surface area contributed by atoms with Crippen molar-refractivity contribution in [3.63, 3.8) is 0 Å². The summed E-state index contributed by atoms with van der Waals surface area (Å²) in [4.78, 5) is 8.42. The number of ether oxygens (including phenoxy) is 1. The van der Waals surface area contributed by atoms with Gasteiger partial charge >= 0.3 is 0 Å². The van der Waals surface area contributed by atoms with Crippen molar-refractivity contribution >= 4 is 5.69 Å². The first-order chi connectivity index (χ1) is 8.69. The molecule has 0 radical (unpaired) electrons. The monoisotopic (exact) mass is 243 g/mol. The Morgan fingerprint density at radius 3 is 2.78 bits per heavy atom. The van der Waals surface area contributed by atoms with Crippen molar-refractivity contribution in [3.05, 3.63) is 47.5 Å². The lowest BCUT2D eigenvalue weighted by atomic mass is 10.2. The molecule has 94 valence electrons. The van der Waals surface area contributed by atoms with Crippen LogP contribution in [0.1, 0.15) is 17.1 Å². The molecule has 0 amide bonds. The summed E-state index contributed by atoms with van der Waals surface area (Å²) in [6.45, 7) is 4.58. The molecule has 0 aliphatic rings. The molecule has 18 heavy (non-hydrogen) atoms. The van der Waals surface area contributed by atoms with Crippen LogP contribution in [0.15, 0.2) is 30.5 Å². The number of hydrogen-bond acceptors (Lipinski definition) is 4. The van der Waals surface area contributed by atoms with Gasteiger partial charge in [-0.25, -0.2) is 9.97 Å². The summed E-state index contributed by atoms with van der Waals surface area (Å²) in [7, 11) is 1.68. The van der Waals surface area contributed by atoms with Gasteiger partial charge in [-0.1, -0.05) is 6.07 Å². The van der Waals surface area contributed by atoms with E-state index in [1.54, 1.807) is 13.3 Å².